The van der Waals surface area contributed by atoms with Gasteiger partial charge in [-0.2, -0.15) is 0 Å². The van der Waals surface area contributed by atoms with E-state index in [4.69, 9.17) is 4.74 Å². The van der Waals surface area contributed by atoms with Gasteiger partial charge in [0, 0.05) is 18.5 Å². The number of hydrogen-bond acceptors (Lipinski definition) is 4. The molecule has 2 amide bonds. The molecule has 1 N–H and O–H groups in total. The minimum atomic E-state index is -0.380. The average Bonchev–Trinajstić information content (AvgIpc) is 3.27. The molecule has 1 fully saturated rings. The fourth-order valence-corrected chi connectivity index (χ4v) is 3.76. The topological polar surface area (TPSA) is 71.5 Å². The molecule has 2 aromatic carbocycles. The number of aromatic nitrogens is 1. The van der Waals surface area contributed by atoms with E-state index in [0.29, 0.717) is 17.1 Å². The number of likely N-dealkylation sites (tertiary alicyclic amines) is 1. The molecule has 148 valence electrons. The molecule has 4 rings (SSSR count). The van der Waals surface area contributed by atoms with Gasteiger partial charge in [0.1, 0.15) is 5.69 Å². The minimum Gasteiger partial charge on any atom is -0.481 e. The first-order chi connectivity index (χ1) is 14.1. The fraction of sp³-hybridized carbons (Fsp3) is 0.261. The molecule has 1 aromatic heterocycles. The molecule has 1 aliphatic heterocycles. The number of nitrogens with zero attached hydrogens (tertiary/aromatic N) is 2. The number of carbonyl (C=O) groups excluding carboxylic acids is 2. The van der Waals surface area contributed by atoms with Gasteiger partial charge in [0.2, 0.25) is 5.88 Å². The zero-order chi connectivity index (χ0) is 20.4. The van der Waals surface area contributed by atoms with E-state index in [2.05, 4.69) is 10.3 Å². The Labute approximate surface area is 169 Å². The van der Waals surface area contributed by atoms with Gasteiger partial charge < -0.3 is 15.0 Å². The van der Waals surface area contributed by atoms with Gasteiger partial charge in [-0.25, -0.2) is 4.98 Å². The molecule has 3 aromatic rings. The molecule has 0 radical (unpaired) electrons. The smallest absolute Gasteiger partial charge is 0.274 e. The van der Waals surface area contributed by atoms with Crippen LogP contribution in [0, 0.1) is 6.92 Å². The number of ether oxygens (including phenoxy) is 1. The lowest BCUT2D eigenvalue weighted by Crippen LogP contribution is -2.29. The Hall–Kier alpha value is -3.41. The van der Waals surface area contributed by atoms with Crippen molar-refractivity contribution >= 4 is 28.3 Å². The zero-order valence-corrected chi connectivity index (χ0v) is 16.6. The molecule has 0 saturated carbocycles. The van der Waals surface area contributed by atoms with Crippen LogP contribution in [0.4, 0.5) is 5.69 Å². The quantitative estimate of drug-likeness (QED) is 0.731. The SMILES string of the molecule is COc1nc(C(=O)Nc2cccc(C)c2C(=O)N2CCCC2)cc2ccccc12. The molecular weight excluding hydrogens is 366 g/mol. The maximum atomic E-state index is 13.0. The van der Waals surface area contributed by atoms with Gasteiger partial charge in [-0.1, -0.05) is 30.3 Å². The van der Waals surface area contributed by atoms with Gasteiger partial charge in [-0.05, 0) is 48.9 Å². The van der Waals surface area contributed by atoms with Gasteiger partial charge in [-0.3, -0.25) is 9.59 Å². The van der Waals surface area contributed by atoms with Crippen molar-refractivity contribution in [3.63, 3.8) is 0 Å². The highest BCUT2D eigenvalue weighted by Crippen LogP contribution is 2.27. The highest BCUT2D eigenvalue weighted by atomic mass is 16.5. The van der Waals surface area contributed by atoms with Crippen molar-refractivity contribution in [2.75, 3.05) is 25.5 Å². The summed E-state index contributed by atoms with van der Waals surface area (Å²) in [7, 11) is 1.53. The van der Waals surface area contributed by atoms with Crippen LogP contribution in [0.15, 0.2) is 48.5 Å². The highest BCUT2D eigenvalue weighted by Gasteiger charge is 2.24. The van der Waals surface area contributed by atoms with Gasteiger partial charge in [0.05, 0.1) is 18.4 Å². The van der Waals surface area contributed by atoms with E-state index >= 15 is 0 Å². The summed E-state index contributed by atoms with van der Waals surface area (Å²) in [6.45, 7) is 3.39. The predicted octanol–water partition coefficient (Wildman–Crippen LogP) is 4.04. The average molecular weight is 389 g/mol. The number of fused-ring (bicyclic) bond motifs is 1. The third-order valence-electron chi connectivity index (χ3n) is 5.26. The first kappa shape index (κ1) is 18.9. The number of nitrogens with one attached hydrogen (secondary N) is 1. The Kier molecular flexibility index (Phi) is 5.16. The van der Waals surface area contributed by atoms with Crippen molar-refractivity contribution in [1.82, 2.24) is 9.88 Å². The van der Waals surface area contributed by atoms with E-state index < -0.39 is 0 Å². The Morgan fingerprint density at radius 3 is 2.59 bits per heavy atom. The van der Waals surface area contributed by atoms with Crippen LogP contribution in [-0.4, -0.2) is 41.9 Å². The molecule has 6 nitrogen and oxygen atoms in total. The second-order valence-electron chi connectivity index (χ2n) is 7.19. The van der Waals surface area contributed by atoms with Crippen LogP contribution in [-0.2, 0) is 0 Å². The lowest BCUT2D eigenvalue weighted by molar-refractivity contribution is 0.0793. The summed E-state index contributed by atoms with van der Waals surface area (Å²) < 4.78 is 5.37. The van der Waals surface area contributed by atoms with E-state index in [0.717, 1.165) is 42.3 Å². The summed E-state index contributed by atoms with van der Waals surface area (Å²) in [5.74, 6) is -0.0269. The third kappa shape index (κ3) is 3.66. The van der Waals surface area contributed by atoms with E-state index in [1.54, 1.807) is 12.1 Å². The summed E-state index contributed by atoms with van der Waals surface area (Å²) in [4.78, 5) is 32.2. The molecule has 0 atom stereocenters. The number of pyridine rings is 1. The number of amides is 2. The normalized spacial score (nSPS) is 13.5. The van der Waals surface area contributed by atoms with Crippen molar-refractivity contribution in [1.29, 1.82) is 0 Å². The Balaban J connectivity index is 1.68. The van der Waals surface area contributed by atoms with Crippen molar-refractivity contribution in [2.45, 2.75) is 19.8 Å². The number of methoxy groups -OCH3 is 1. The van der Waals surface area contributed by atoms with E-state index in [1.165, 1.54) is 7.11 Å². The summed E-state index contributed by atoms with van der Waals surface area (Å²) in [6, 6.07) is 14.8. The van der Waals surface area contributed by atoms with E-state index in [-0.39, 0.29) is 17.5 Å². The molecule has 6 heteroatoms. The van der Waals surface area contributed by atoms with Crippen LogP contribution in [0.1, 0.15) is 39.3 Å². The lowest BCUT2D eigenvalue weighted by Gasteiger charge is -2.19. The lowest BCUT2D eigenvalue weighted by atomic mass is 10.0. The van der Waals surface area contributed by atoms with E-state index in [9.17, 15) is 9.59 Å². The molecule has 1 aliphatic rings. The number of benzene rings is 2. The zero-order valence-electron chi connectivity index (χ0n) is 16.6. The summed E-state index contributed by atoms with van der Waals surface area (Å²) in [6.07, 6.45) is 2.03. The molecular formula is C23H23N3O3. The van der Waals surface area contributed by atoms with Crippen molar-refractivity contribution in [3.8, 4) is 5.88 Å². The van der Waals surface area contributed by atoms with Crippen molar-refractivity contribution in [2.24, 2.45) is 0 Å². The van der Waals surface area contributed by atoms with Crippen molar-refractivity contribution in [3.05, 3.63) is 65.4 Å². The second kappa shape index (κ2) is 7.91. The Morgan fingerprint density at radius 2 is 1.83 bits per heavy atom. The van der Waals surface area contributed by atoms with Crippen LogP contribution in [0.5, 0.6) is 5.88 Å². The summed E-state index contributed by atoms with van der Waals surface area (Å²) in [5.41, 5.74) is 2.11. The monoisotopic (exact) mass is 389 g/mol. The van der Waals surface area contributed by atoms with Gasteiger partial charge in [-0.15, -0.1) is 0 Å². The van der Waals surface area contributed by atoms with Crippen LogP contribution in [0.3, 0.4) is 0 Å². The molecule has 0 aliphatic carbocycles. The minimum absolute atomic E-state index is 0.0417. The van der Waals surface area contributed by atoms with Gasteiger partial charge in [0.25, 0.3) is 11.8 Å². The number of aryl methyl sites for hydroxylation is 1. The number of anilines is 1. The van der Waals surface area contributed by atoms with Crippen LogP contribution in [0.25, 0.3) is 10.8 Å². The number of rotatable bonds is 4. The fourth-order valence-electron chi connectivity index (χ4n) is 3.76. The largest absolute Gasteiger partial charge is 0.481 e. The third-order valence-corrected chi connectivity index (χ3v) is 5.26. The standard InChI is InChI=1S/C23H23N3O3/c1-15-8-7-11-18(20(15)23(28)26-12-5-6-13-26)24-21(27)19-14-16-9-3-4-10-17(16)22(25-19)29-2/h3-4,7-11,14H,5-6,12-13H2,1-2H3,(H,24,27). The maximum Gasteiger partial charge on any atom is 0.274 e. The Bertz CT molecular complexity index is 1090. The van der Waals surface area contributed by atoms with Crippen LogP contribution in [0.2, 0.25) is 0 Å². The highest BCUT2D eigenvalue weighted by molar-refractivity contribution is 6.10. The summed E-state index contributed by atoms with van der Waals surface area (Å²) in [5, 5.41) is 4.59. The maximum absolute atomic E-state index is 13.0. The van der Waals surface area contributed by atoms with Crippen LogP contribution >= 0.6 is 0 Å². The number of carbonyl (C=O) groups is 2. The molecule has 0 unspecified atom stereocenters. The predicted molar refractivity (Wildman–Crippen MR) is 113 cm³/mol. The molecule has 0 bridgehead atoms. The van der Waals surface area contributed by atoms with Crippen LogP contribution < -0.4 is 10.1 Å². The molecule has 1 saturated heterocycles. The first-order valence-electron chi connectivity index (χ1n) is 9.72. The molecule has 0 spiro atoms. The Morgan fingerprint density at radius 1 is 1.07 bits per heavy atom. The second-order valence-corrected chi connectivity index (χ2v) is 7.19. The molecule has 29 heavy (non-hydrogen) atoms. The number of hydrogen-bond donors (Lipinski definition) is 1. The van der Waals surface area contributed by atoms with Crippen molar-refractivity contribution < 1.29 is 14.3 Å². The first-order valence-corrected chi connectivity index (χ1v) is 9.72. The summed E-state index contributed by atoms with van der Waals surface area (Å²) >= 11 is 0. The van der Waals surface area contributed by atoms with Gasteiger partial charge >= 0.3 is 0 Å². The van der Waals surface area contributed by atoms with Gasteiger partial charge in [0.15, 0.2) is 0 Å². The molecule has 2 heterocycles. The van der Waals surface area contributed by atoms with E-state index in [1.807, 2.05) is 48.2 Å².